The predicted octanol–water partition coefficient (Wildman–Crippen LogP) is 3.11. The third-order valence-electron chi connectivity index (χ3n) is 3.14. The van der Waals surface area contributed by atoms with Crippen LogP contribution in [0.4, 0.5) is 0 Å². The van der Waals surface area contributed by atoms with Gasteiger partial charge in [-0.25, -0.2) is 9.97 Å². The molecule has 0 unspecified atom stereocenters. The number of nitrogens with zero attached hydrogens (tertiary/aromatic N) is 2. The molecule has 1 heterocycles. The Balaban J connectivity index is 2.52. The first-order chi connectivity index (χ1) is 8.16. The van der Waals surface area contributed by atoms with E-state index >= 15 is 0 Å². The van der Waals surface area contributed by atoms with Crippen molar-refractivity contribution < 1.29 is 5.11 Å². The van der Waals surface area contributed by atoms with Gasteiger partial charge >= 0.3 is 0 Å². The summed E-state index contributed by atoms with van der Waals surface area (Å²) in [5.74, 6) is 0.176. The van der Waals surface area contributed by atoms with Crippen LogP contribution in [0.25, 0.3) is 22.1 Å². The first-order valence-electron chi connectivity index (χ1n) is 5.52. The Morgan fingerprint density at radius 2 is 1.59 bits per heavy atom. The molecule has 0 saturated carbocycles. The molecule has 0 aliphatic rings. The molecule has 1 aromatic heterocycles. The maximum Gasteiger partial charge on any atom is 0.143 e. The van der Waals surface area contributed by atoms with Gasteiger partial charge in [-0.1, -0.05) is 12.1 Å². The molecule has 0 aliphatic carbocycles. The van der Waals surface area contributed by atoms with Crippen molar-refractivity contribution in [2.45, 2.75) is 13.8 Å². The fourth-order valence-electron chi connectivity index (χ4n) is 1.98. The lowest BCUT2D eigenvalue weighted by Crippen LogP contribution is -1.92. The Morgan fingerprint density at radius 1 is 0.882 bits per heavy atom. The van der Waals surface area contributed by atoms with Gasteiger partial charge in [0.25, 0.3) is 0 Å². The zero-order valence-electron chi connectivity index (χ0n) is 9.73. The van der Waals surface area contributed by atoms with Crippen LogP contribution in [0.15, 0.2) is 30.3 Å². The molecule has 17 heavy (non-hydrogen) atoms. The van der Waals surface area contributed by atoms with E-state index in [1.54, 1.807) is 12.1 Å². The van der Waals surface area contributed by atoms with Crippen LogP contribution in [0.5, 0.6) is 5.75 Å². The molecular weight excluding hydrogens is 212 g/mol. The van der Waals surface area contributed by atoms with Gasteiger partial charge in [-0.2, -0.15) is 0 Å². The summed E-state index contributed by atoms with van der Waals surface area (Å²) in [4.78, 5) is 9.04. The van der Waals surface area contributed by atoms with E-state index in [1.807, 2.05) is 25.1 Å². The van der Waals surface area contributed by atoms with Crippen molar-refractivity contribution in [1.82, 2.24) is 9.97 Å². The van der Waals surface area contributed by atoms with E-state index in [4.69, 9.17) is 0 Å². The molecular formula is C14H12N2O. The van der Waals surface area contributed by atoms with Gasteiger partial charge in [0.1, 0.15) is 11.3 Å². The van der Waals surface area contributed by atoms with Gasteiger partial charge in [-0.3, -0.25) is 0 Å². The molecule has 0 radical (unpaired) electrons. The van der Waals surface area contributed by atoms with Crippen LogP contribution < -0.4 is 0 Å². The van der Waals surface area contributed by atoms with Crippen molar-refractivity contribution in [3.05, 3.63) is 41.5 Å². The molecule has 2 aromatic carbocycles. The van der Waals surface area contributed by atoms with Crippen LogP contribution in [0.1, 0.15) is 11.1 Å². The van der Waals surface area contributed by atoms with E-state index in [1.165, 1.54) is 5.56 Å². The van der Waals surface area contributed by atoms with Gasteiger partial charge in [0.15, 0.2) is 0 Å². The highest BCUT2D eigenvalue weighted by molar-refractivity contribution is 5.90. The van der Waals surface area contributed by atoms with Crippen LogP contribution in [-0.4, -0.2) is 15.1 Å². The lowest BCUT2D eigenvalue weighted by atomic mass is 10.1. The highest BCUT2D eigenvalue weighted by Gasteiger charge is 2.07. The number of hydrogen-bond acceptors (Lipinski definition) is 3. The van der Waals surface area contributed by atoms with Gasteiger partial charge < -0.3 is 5.11 Å². The Kier molecular flexibility index (Phi) is 2.01. The number of phenols is 1. The number of rotatable bonds is 0. The Labute approximate surface area is 98.8 Å². The van der Waals surface area contributed by atoms with E-state index in [-0.39, 0.29) is 5.75 Å². The molecule has 3 heteroatoms. The smallest absolute Gasteiger partial charge is 0.143 e. The zero-order chi connectivity index (χ0) is 12.0. The van der Waals surface area contributed by atoms with Gasteiger partial charge in [-0.05, 0) is 43.2 Å². The summed E-state index contributed by atoms with van der Waals surface area (Å²) in [5, 5.41) is 9.75. The number of benzene rings is 2. The van der Waals surface area contributed by atoms with Crippen LogP contribution in [-0.2, 0) is 0 Å². The summed E-state index contributed by atoms with van der Waals surface area (Å²) in [6.07, 6.45) is 0. The van der Waals surface area contributed by atoms with Crippen LogP contribution >= 0.6 is 0 Å². The molecule has 3 aromatic rings. The fraction of sp³-hybridized carbons (Fsp3) is 0.143. The highest BCUT2D eigenvalue weighted by atomic mass is 16.3. The molecule has 0 bridgehead atoms. The van der Waals surface area contributed by atoms with Crippen molar-refractivity contribution in [2.75, 3.05) is 0 Å². The van der Waals surface area contributed by atoms with Crippen LogP contribution in [0.2, 0.25) is 0 Å². The maximum atomic E-state index is 9.75. The minimum absolute atomic E-state index is 0.176. The number of phenolic OH excluding ortho intramolecular Hbond substituents is 1. The number of para-hydroxylation sites is 1. The Morgan fingerprint density at radius 3 is 2.41 bits per heavy atom. The van der Waals surface area contributed by atoms with E-state index < -0.39 is 0 Å². The van der Waals surface area contributed by atoms with Gasteiger partial charge in [0.2, 0.25) is 0 Å². The van der Waals surface area contributed by atoms with Crippen molar-refractivity contribution in [3.63, 3.8) is 0 Å². The fourth-order valence-corrected chi connectivity index (χ4v) is 1.98. The minimum Gasteiger partial charge on any atom is -0.506 e. The van der Waals surface area contributed by atoms with Crippen LogP contribution in [0.3, 0.4) is 0 Å². The molecule has 0 aliphatic heterocycles. The Hall–Kier alpha value is -2.16. The summed E-state index contributed by atoms with van der Waals surface area (Å²) >= 11 is 0. The molecule has 3 rings (SSSR count). The quantitative estimate of drug-likeness (QED) is 0.597. The van der Waals surface area contributed by atoms with Gasteiger partial charge in [0.05, 0.1) is 16.6 Å². The van der Waals surface area contributed by atoms with Gasteiger partial charge in [-0.15, -0.1) is 0 Å². The second-order valence-electron chi connectivity index (χ2n) is 4.24. The maximum absolute atomic E-state index is 9.75. The summed E-state index contributed by atoms with van der Waals surface area (Å²) in [5.41, 5.74) is 5.35. The van der Waals surface area contributed by atoms with Crippen LogP contribution in [0, 0.1) is 13.8 Å². The molecule has 3 nitrogen and oxygen atoms in total. The predicted molar refractivity (Wildman–Crippen MR) is 68.2 cm³/mol. The topological polar surface area (TPSA) is 46.0 Å². The van der Waals surface area contributed by atoms with Crippen molar-refractivity contribution >= 4 is 22.1 Å². The summed E-state index contributed by atoms with van der Waals surface area (Å²) in [6.45, 7) is 4.10. The lowest BCUT2D eigenvalue weighted by molar-refractivity contribution is 0.480. The number of aromatic nitrogens is 2. The third kappa shape index (κ3) is 1.43. The first-order valence-corrected chi connectivity index (χ1v) is 5.52. The monoisotopic (exact) mass is 224 g/mol. The van der Waals surface area contributed by atoms with E-state index in [9.17, 15) is 5.11 Å². The highest BCUT2D eigenvalue weighted by Crippen LogP contribution is 2.25. The molecule has 0 fully saturated rings. The zero-order valence-corrected chi connectivity index (χ0v) is 9.73. The van der Waals surface area contributed by atoms with Crippen molar-refractivity contribution in [2.24, 2.45) is 0 Å². The second kappa shape index (κ2) is 3.42. The number of fused-ring (bicyclic) bond motifs is 2. The SMILES string of the molecule is Cc1ccc2nc3c(O)cccc3nc2c1C. The summed E-state index contributed by atoms with van der Waals surface area (Å²) in [6, 6.07) is 9.24. The normalized spacial score (nSPS) is 11.2. The van der Waals surface area contributed by atoms with Crippen molar-refractivity contribution in [1.29, 1.82) is 0 Å². The average molecular weight is 224 g/mol. The number of hydrogen-bond donors (Lipinski definition) is 1. The molecule has 0 atom stereocenters. The van der Waals surface area contributed by atoms with E-state index in [0.717, 1.165) is 22.1 Å². The van der Waals surface area contributed by atoms with Gasteiger partial charge in [0, 0.05) is 0 Å². The molecule has 1 N–H and O–H groups in total. The van der Waals surface area contributed by atoms with Crippen molar-refractivity contribution in [3.8, 4) is 5.75 Å². The Bertz CT molecular complexity index is 735. The number of aryl methyl sites for hydroxylation is 2. The molecule has 0 amide bonds. The van der Waals surface area contributed by atoms with E-state index in [2.05, 4.69) is 16.9 Å². The second-order valence-corrected chi connectivity index (χ2v) is 4.24. The largest absolute Gasteiger partial charge is 0.506 e. The first kappa shape index (κ1) is 10.0. The third-order valence-corrected chi connectivity index (χ3v) is 3.14. The average Bonchev–Trinajstić information content (AvgIpc) is 2.33. The molecule has 0 spiro atoms. The number of aromatic hydroxyl groups is 1. The minimum atomic E-state index is 0.176. The lowest BCUT2D eigenvalue weighted by Gasteiger charge is -2.06. The standard InChI is InChI=1S/C14H12N2O/c1-8-6-7-11-13(9(8)2)15-10-4-3-5-12(17)14(10)16-11/h3-7,17H,1-2H3. The summed E-state index contributed by atoms with van der Waals surface area (Å²) < 4.78 is 0. The van der Waals surface area contributed by atoms with E-state index in [0.29, 0.717) is 5.52 Å². The molecule has 84 valence electrons. The summed E-state index contributed by atoms with van der Waals surface area (Å²) in [7, 11) is 0. The molecule has 0 saturated heterocycles.